The summed E-state index contributed by atoms with van der Waals surface area (Å²) in [5.74, 6) is 6.43. The van der Waals surface area contributed by atoms with Crippen LogP contribution in [0.3, 0.4) is 0 Å². The van der Waals surface area contributed by atoms with E-state index in [-0.39, 0.29) is 17.5 Å². The Labute approximate surface area is 255 Å². The number of ether oxygens (including phenoxy) is 2. The first-order valence-corrected chi connectivity index (χ1v) is 15.4. The number of benzene rings is 6. The molecule has 6 aromatic rings. The van der Waals surface area contributed by atoms with Crippen LogP contribution in [-0.2, 0) is 20.4 Å². The molecule has 0 aromatic heterocycles. The van der Waals surface area contributed by atoms with Gasteiger partial charge in [-0.05, 0) is 108 Å². The number of rotatable bonds is 7. The highest BCUT2D eigenvalue weighted by Crippen LogP contribution is 2.32. The maximum atomic E-state index is 12.7. The summed E-state index contributed by atoms with van der Waals surface area (Å²) in [5.41, 5.74) is -0.101. The SMILES string of the molecule is CC(C)(C#Cc1ccc2cc3ccccc3cc2c1)OC(=O)COc1ccc([S+](c2ccccc2)c2ccccc2)cc1. The van der Waals surface area contributed by atoms with Gasteiger partial charge in [0.1, 0.15) is 5.75 Å². The fourth-order valence-electron chi connectivity index (χ4n) is 4.92. The van der Waals surface area contributed by atoms with E-state index in [9.17, 15) is 4.79 Å². The van der Waals surface area contributed by atoms with Gasteiger partial charge in [0.05, 0.1) is 10.9 Å². The molecule has 0 fully saturated rings. The zero-order valence-corrected chi connectivity index (χ0v) is 24.9. The largest absolute Gasteiger partial charge is 0.482 e. The summed E-state index contributed by atoms with van der Waals surface area (Å²) >= 11 is 0. The molecule has 0 heterocycles. The molecule has 0 spiro atoms. The van der Waals surface area contributed by atoms with E-state index >= 15 is 0 Å². The lowest BCUT2D eigenvalue weighted by molar-refractivity contribution is -0.154. The highest BCUT2D eigenvalue weighted by Gasteiger charge is 2.28. The van der Waals surface area contributed by atoms with Crippen molar-refractivity contribution in [3.8, 4) is 17.6 Å². The topological polar surface area (TPSA) is 35.5 Å². The molecule has 0 bridgehead atoms. The van der Waals surface area contributed by atoms with E-state index in [1.165, 1.54) is 25.5 Å². The number of carbonyl (C=O) groups excluding carboxylic acids is 1. The zero-order valence-electron chi connectivity index (χ0n) is 24.1. The third-order valence-electron chi connectivity index (χ3n) is 6.96. The summed E-state index contributed by atoms with van der Waals surface area (Å²) in [4.78, 5) is 16.3. The van der Waals surface area contributed by atoms with Crippen LogP contribution in [0.4, 0.5) is 0 Å². The molecule has 4 heteroatoms. The minimum Gasteiger partial charge on any atom is -0.482 e. The molecular formula is C39H31O3S+. The lowest BCUT2D eigenvalue weighted by Gasteiger charge is -2.19. The van der Waals surface area contributed by atoms with Gasteiger partial charge in [-0.2, -0.15) is 0 Å². The van der Waals surface area contributed by atoms with Gasteiger partial charge in [-0.15, -0.1) is 0 Å². The van der Waals surface area contributed by atoms with E-state index in [0.717, 1.165) is 16.3 Å². The van der Waals surface area contributed by atoms with Crippen molar-refractivity contribution in [1.82, 2.24) is 0 Å². The molecule has 6 rings (SSSR count). The number of hydrogen-bond acceptors (Lipinski definition) is 3. The van der Waals surface area contributed by atoms with E-state index < -0.39 is 11.6 Å². The predicted molar refractivity (Wildman–Crippen MR) is 175 cm³/mol. The van der Waals surface area contributed by atoms with Crippen molar-refractivity contribution in [2.45, 2.75) is 34.1 Å². The summed E-state index contributed by atoms with van der Waals surface area (Å²) in [6.45, 7) is 3.38. The van der Waals surface area contributed by atoms with E-state index in [1.54, 1.807) is 13.8 Å². The van der Waals surface area contributed by atoms with Gasteiger partial charge < -0.3 is 9.47 Å². The highest BCUT2D eigenvalue weighted by molar-refractivity contribution is 7.97. The average Bonchev–Trinajstić information content (AvgIpc) is 3.03. The standard InChI is InChI=1S/C39H31O3S/c1-39(2,24-23-29-17-18-32-26-30-11-9-10-12-31(30)27-33(32)25-29)42-38(40)28-41-34-19-21-37(22-20-34)43(35-13-5-3-6-14-35)36-15-7-4-8-16-36/h3-22,25-27H,28H2,1-2H3/q+1. The highest BCUT2D eigenvalue weighted by atomic mass is 32.2. The first-order valence-electron chi connectivity index (χ1n) is 14.2. The van der Waals surface area contributed by atoms with Crippen molar-refractivity contribution >= 4 is 38.4 Å². The quantitative estimate of drug-likeness (QED) is 0.0820. The van der Waals surface area contributed by atoms with Crippen LogP contribution in [0.5, 0.6) is 5.75 Å². The van der Waals surface area contributed by atoms with E-state index in [0.29, 0.717) is 5.75 Å². The molecule has 0 radical (unpaired) electrons. The van der Waals surface area contributed by atoms with Crippen molar-refractivity contribution in [2.24, 2.45) is 0 Å². The Bertz CT molecular complexity index is 1900. The minimum atomic E-state index is -0.970. The van der Waals surface area contributed by atoms with Crippen LogP contribution >= 0.6 is 0 Å². The van der Waals surface area contributed by atoms with Crippen molar-refractivity contribution in [1.29, 1.82) is 0 Å². The maximum Gasteiger partial charge on any atom is 0.345 e. The first-order chi connectivity index (χ1) is 20.9. The molecule has 0 saturated heterocycles. The van der Waals surface area contributed by atoms with Crippen molar-refractivity contribution in [2.75, 3.05) is 6.61 Å². The van der Waals surface area contributed by atoms with Gasteiger partial charge >= 0.3 is 5.97 Å². The van der Waals surface area contributed by atoms with Crippen LogP contribution < -0.4 is 4.74 Å². The molecule has 0 aliphatic carbocycles. The van der Waals surface area contributed by atoms with Crippen LogP contribution in [0.1, 0.15) is 19.4 Å². The predicted octanol–water partition coefficient (Wildman–Crippen LogP) is 8.84. The Balaban J connectivity index is 1.09. The molecule has 43 heavy (non-hydrogen) atoms. The monoisotopic (exact) mass is 579 g/mol. The van der Waals surface area contributed by atoms with Crippen LogP contribution in [0.25, 0.3) is 21.5 Å². The van der Waals surface area contributed by atoms with Crippen LogP contribution in [0.2, 0.25) is 0 Å². The zero-order chi connectivity index (χ0) is 29.6. The summed E-state index contributed by atoms with van der Waals surface area (Å²) < 4.78 is 11.5. The lowest BCUT2D eigenvalue weighted by atomic mass is 10.0. The molecule has 0 unspecified atom stereocenters. The molecule has 0 saturated carbocycles. The third kappa shape index (κ3) is 6.92. The Morgan fingerprint density at radius 3 is 1.79 bits per heavy atom. The minimum absolute atomic E-state index is 0.198. The average molecular weight is 580 g/mol. The van der Waals surface area contributed by atoms with Gasteiger partial charge in [0.15, 0.2) is 26.9 Å². The van der Waals surface area contributed by atoms with Crippen molar-refractivity contribution < 1.29 is 14.3 Å². The Kier molecular flexibility index (Phi) is 8.18. The van der Waals surface area contributed by atoms with Gasteiger partial charge in [-0.1, -0.05) is 78.6 Å². The van der Waals surface area contributed by atoms with Gasteiger partial charge in [-0.25, -0.2) is 4.79 Å². The van der Waals surface area contributed by atoms with Gasteiger partial charge in [-0.3, -0.25) is 0 Å². The maximum absolute atomic E-state index is 12.7. The third-order valence-corrected chi connectivity index (χ3v) is 9.19. The summed E-state index contributed by atoms with van der Waals surface area (Å²) in [6.07, 6.45) is 0. The number of hydrogen-bond donors (Lipinski definition) is 0. The lowest BCUT2D eigenvalue weighted by Crippen LogP contribution is -2.29. The summed E-state index contributed by atoms with van der Waals surface area (Å²) in [5, 5.41) is 4.69. The molecule has 3 nitrogen and oxygen atoms in total. The summed E-state index contributed by atoms with van der Waals surface area (Å²) in [6, 6.07) is 47.7. The Morgan fingerprint density at radius 1 is 0.628 bits per heavy atom. The second-order valence-corrected chi connectivity index (χ2v) is 12.7. The molecule has 0 aliphatic rings. The fourth-order valence-corrected chi connectivity index (χ4v) is 7.00. The number of esters is 1. The molecule has 6 aromatic carbocycles. The van der Waals surface area contributed by atoms with E-state index in [4.69, 9.17) is 9.47 Å². The Morgan fingerprint density at radius 2 is 1.16 bits per heavy atom. The Hall–Kier alpha value is -4.98. The molecule has 0 amide bonds. The second kappa shape index (κ2) is 12.5. The van der Waals surface area contributed by atoms with Gasteiger partial charge in [0, 0.05) is 5.56 Å². The summed E-state index contributed by atoms with van der Waals surface area (Å²) in [7, 11) is -0.244. The van der Waals surface area contributed by atoms with E-state index in [2.05, 4.69) is 109 Å². The second-order valence-electron chi connectivity index (χ2n) is 10.7. The number of carbonyl (C=O) groups is 1. The molecular weight excluding hydrogens is 548 g/mol. The molecule has 0 atom stereocenters. The van der Waals surface area contributed by atoms with Crippen molar-refractivity contribution in [3.63, 3.8) is 0 Å². The van der Waals surface area contributed by atoms with Crippen LogP contribution in [0, 0.1) is 11.8 Å². The fraction of sp³-hybridized carbons (Fsp3) is 0.103. The van der Waals surface area contributed by atoms with Crippen LogP contribution in [0.15, 0.2) is 154 Å². The molecule has 210 valence electrons. The molecule has 0 N–H and O–H groups in total. The number of fused-ring (bicyclic) bond motifs is 2. The smallest absolute Gasteiger partial charge is 0.345 e. The van der Waals surface area contributed by atoms with Gasteiger partial charge in [0.2, 0.25) is 0 Å². The molecule has 0 aliphatic heterocycles. The van der Waals surface area contributed by atoms with Crippen LogP contribution in [-0.4, -0.2) is 18.2 Å². The van der Waals surface area contributed by atoms with E-state index in [1.807, 2.05) is 42.5 Å². The van der Waals surface area contributed by atoms with Gasteiger partial charge in [0.25, 0.3) is 0 Å². The first kappa shape index (κ1) is 28.2. The van der Waals surface area contributed by atoms with Crippen molar-refractivity contribution in [3.05, 3.63) is 145 Å². The normalized spacial score (nSPS) is 11.2.